The number of carbonyl (C=O) groups is 1. The molecule has 106 valence electrons. The number of nitrogens with zero attached hydrogens (tertiary/aromatic N) is 3. The third kappa shape index (κ3) is 2.73. The van der Waals surface area contributed by atoms with E-state index in [0.29, 0.717) is 18.8 Å². The third-order valence-corrected chi connectivity index (χ3v) is 2.78. The molecule has 0 amide bonds. The second kappa shape index (κ2) is 5.64. The van der Waals surface area contributed by atoms with Crippen LogP contribution in [0.25, 0.3) is 0 Å². The van der Waals surface area contributed by atoms with Gasteiger partial charge in [0.15, 0.2) is 11.6 Å². The van der Waals surface area contributed by atoms with Gasteiger partial charge in [0.2, 0.25) is 0 Å². The maximum absolute atomic E-state index is 13.6. The van der Waals surface area contributed by atoms with E-state index in [4.69, 9.17) is 5.11 Å². The van der Waals surface area contributed by atoms with Crippen molar-refractivity contribution in [1.29, 1.82) is 0 Å². The van der Waals surface area contributed by atoms with Gasteiger partial charge < -0.3 is 15.0 Å². The van der Waals surface area contributed by atoms with E-state index in [1.165, 1.54) is 12.4 Å². The standard InChI is InChI=1S/C12H12F2N4O2/c1-18-6-16-17-9(18)4-5-15-8-3-2-7(12(19)20)10(13)11(8)14/h2-3,6,15H,4-5H2,1H3,(H,19,20). The lowest BCUT2D eigenvalue weighted by atomic mass is 10.2. The summed E-state index contributed by atoms with van der Waals surface area (Å²) in [6, 6.07) is 2.21. The Labute approximate surface area is 113 Å². The Morgan fingerprint density at radius 2 is 2.15 bits per heavy atom. The molecule has 20 heavy (non-hydrogen) atoms. The van der Waals surface area contributed by atoms with Crippen molar-refractivity contribution in [2.75, 3.05) is 11.9 Å². The molecule has 6 nitrogen and oxygen atoms in total. The van der Waals surface area contributed by atoms with Crippen molar-refractivity contribution in [2.45, 2.75) is 6.42 Å². The summed E-state index contributed by atoms with van der Waals surface area (Å²) in [4.78, 5) is 10.6. The third-order valence-electron chi connectivity index (χ3n) is 2.78. The van der Waals surface area contributed by atoms with E-state index in [1.54, 1.807) is 11.6 Å². The van der Waals surface area contributed by atoms with Gasteiger partial charge in [-0.15, -0.1) is 10.2 Å². The van der Waals surface area contributed by atoms with Crippen LogP contribution < -0.4 is 5.32 Å². The molecule has 0 spiro atoms. The fraction of sp³-hybridized carbons (Fsp3) is 0.250. The van der Waals surface area contributed by atoms with Gasteiger partial charge in [-0.25, -0.2) is 13.6 Å². The Hall–Kier alpha value is -2.51. The largest absolute Gasteiger partial charge is 0.478 e. The number of carboxylic acids is 1. The topological polar surface area (TPSA) is 80.0 Å². The van der Waals surface area contributed by atoms with Crippen LogP contribution in [0.3, 0.4) is 0 Å². The van der Waals surface area contributed by atoms with E-state index >= 15 is 0 Å². The van der Waals surface area contributed by atoms with E-state index in [9.17, 15) is 13.6 Å². The van der Waals surface area contributed by atoms with Gasteiger partial charge in [0.25, 0.3) is 0 Å². The van der Waals surface area contributed by atoms with Crippen LogP contribution in [0.2, 0.25) is 0 Å². The van der Waals surface area contributed by atoms with Gasteiger partial charge in [-0.1, -0.05) is 0 Å². The fourth-order valence-corrected chi connectivity index (χ4v) is 1.69. The molecule has 0 atom stereocenters. The summed E-state index contributed by atoms with van der Waals surface area (Å²) < 4.78 is 28.8. The number of hydrogen-bond donors (Lipinski definition) is 2. The predicted molar refractivity (Wildman–Crippen MR) is 66.5 cm³/mol. The van der Waals surface area contributed by atoms with Gasteiger partial charge in [0.05, 0.1) is 11.3 Å². The normalized spacial score (nSPS) is 10.6. The zero-order chi connectivity index (χ0) is 14.7. The Morgan fingerprint density at radius 1 is 1.40 bits per heavy atom. The molecule has 8 heteroatoms. The zero-order valence-corrected chi connectivity index (χ0v) is 10.6. The number of aromatic carboxylic acids is 1. The fourth-order valence-electron chi connectivity index (χ4n) is 1.69. The van der Waals surface area contributed by atoms with Crippen LogP contribution >= 0.6 is 0 Å². The van der Waals surface area contributed by atoms with Crippen molar-refractivity contribution < 1.29 is 18.7 Å². The number of nitrogens with one attached hydrogen (secondary N) is 1. The summed E-state index contributed by atoms with van der Waals surface area (Å²) in [6.45, 7) is 0.315. The molecule has 0 aliphatic carbocycles. The first-order chi connectivity index (χ1) is 9.50. The lowest BCUT2D eigenvalue weighted by molar-refractivity contribution is 0.0690. The van der Waals surface area contributed by atoms with Crippen molar-refractivity contribution in [3.05, 3.63) is 41.5 Å². The molecule has 2 N–H and O–H groups in total. The van der Waals surface area contributed by atoms with Gasteiger partial charge >= 0.3 is 5.97 Å². The highest BCUT2D eigenvalue weighted by Crippen LogP contribution is 2.20. The molecular formula is C12H12F2N4O2. The summed E-state index contributed by atoms with van der Waals surface area (Å²) in [5.74, 6) is -3.39. The molecule has 2 aromatic rings. The van der Waals surface area contributed by atoms with Gasteiger partial charge in [0.1, 0.15) is 12.2 Å². The summed E-state index contributed by atoms with van der Waals surface area (Å²) in [6.07, 6.45) is 2.01. The highest BCUT2D eigenvalue weighted by molar-refractivity contribution is 5.88. The Balaban J connectivity index is 2.05. The maximum Gasteiger partial charge on any atom is 0.338 e. The molecule has 0 bridgehead atoms. The quantitative estimate of drug-likeness (QED) is 0.867. The Kier molecular flexibility index (Phi) is 3.92. The van der Waals surface area contributed by atoms with Crippen molar-refractivity contribution in [3.8, 4) is 0 Å². The number of benzene rings is 1. The maximum atomic E-state index is 13.6. The number of rotatable bonds is 5. The van der Waals surface area contributed by atoms with Crippen molar-refractivity contribution >= 4 is 11.7 Å². The number of anilines is 1. The summed E-state index contributed by atoms with van der Waals surface area (Å²) in [5, 5.41) is 18.9. The molecule has 1 aromatic carbocycles. The molecule has 0 saturated carbocycles. The molecule has 2 rings (SSSR count). The number of carboxylic acid groups (broad SMARTS) is 1. The van der Waals surface area contributed by atoms with Gasteiger partial charge in [-0.05, 0) is 12.1 Å². The van der Waals surface area contributed by atoms with Crippen LogP contribution in [0.5, 0.6) is 0 Å². The van der Waals surface area contributed by atoms with Gasteiger partial charge in [-0.2, -0.15) is 0 Å². The average Bonchev–Trinajstić information content (AvgIpc) is 2.80. The van der Waals surface area contributed by atoms with E-state index in [-0.39, 0.29) is 5.69 Å². The second-order valence-corrected chi connectivity index (χ2v) is 4.13. The minimum absolute atomic E-state index is 0.0883. The summed E-state index contributed by atoms with van der Waals surface area (Å²) >= 11 is 0. The number of aromatic nitrogens is 3. The first-order valence-electron chi connectivity index (χ1n) is 5.78. The minimum Gasteiger partial charge on any atom is -0.478 e. The van der Waals surface area contributed by atoms with E-state index in [1.807, 2.05) is 0 Å². The van der Waals surface area contributed by atoms with Crippen LogP contribution in [0.4, 0.5) is 14.5 Å². The van der Waals surface area contributed by atoms with Gasteiger partial charge in [-0.3, -0.25) is 0 Å². The SMILES string of the molecule is Cn1cnnc1CCNc1ccc(C(=O)O)c(F)c1F. The zero-order valence-electron chi connectivity index (χ0n) is 10.6. The monoisotopic (exact) mass is 282 g/mol. The second-order valence-electron chi connectivity index (χ2n) is 4.13. The highest BCUT2D eigenvalue weighted by Gasteiger charge is 2.17. The molecule has 0 aliphatic rings. The lowest BCUT2D eigenvalue weighted by Crippen LogP contribution is -2.11. The van der Waals surface area contributed by atoms with Crippen LogP contribution in [0.1, 0.15) is 16.2 Å². The first-order valence-corrected chi connectivity index (χ1v) is 5.78. The van der Waals surface area contributed by atoms with Crippen LogP contribution in [0.15, 0.2) is 18.5 Å². The molecular weight excluding hydrogens is 270 g/mol. The molecule has 1 aromatic heterocycles. The summed E-state index contributed by atoms with van der Waals surface area (Å²) in [5.41, 5.74) is -0.781. The summed E-state index contributed by atoms with van der Waals surface area (Å²) in [7, 11) is 1.78. The minimum atomic E-state index is -1.51. The number of hydrogen-bond acceptors (Lipinski definition) is 4. The molecule has 0 saturated heterocycles. The van der Waals surface area contributed by atoms with E-state index in [0.717, 1.165) is 6.07 Å². The molecule has 0 unspecified atom stereocenters. The smallest absolute Gasteiger partial charge is 0.338 e. The van der Waals surface area contributed by atoms with E-state index in [2.05, 4.69) is 15.5 Å². The first kappa shape index (κ1) is 13.9. The van der Waals surface area contributed by atoms with Crippen molar-refractivity contribution in [2.24, 2.45) is 7.05 Å². The molecule has 0 fully saturated rings. The number of aryl methyl sites for hydroxylation is 1. The molecule has 1 heterocycles. The van der Waals surface area contributed by atoms with E-state index < -0.39 is 23.2 Å². The Morgan fingerprint density at radius 3 is 2.75 bits per heavy atom. The molecule has 0 radical (unpaired) electrons. The van der Waals surface area contributed by atoms with Gasteiger partial charge in [0, 0.05) is 20.0 Å². The Bertz CT molecular complexity index is 642. The van der Waals surface area contributed by atoms with Crippen LogP contribution in [-0.2, 0) is 13.5 Å². The van der Waals surface area contributed by atoms with Crippen LogP contribution in [-0.4, -0.2) is 32.4 Å². The highest BCUT2D eigenvalue weighted by atomic mass is 19.2. The average molecular weight is 282 g/mol. The van der Waals surface area contributed by atoms with Crippen molar-refractivity contribution in [3.63, 3.8) is 0 Å². The predicted octanol–water partition coefficient (Wildman–Crippen LogP) is 1.45. The molecule has 0 aliphatic heterocycles. The van der Waals surface area contributed by atoms with Crippen molar-refractivity contribution in [1.82, 2.24) is 14.8 Å². The van der Waals surface area contributed by atoms with Crippen LogP contribution in [0, 0.1) is 11.6 Å². The lowest BCUT2D eigenvalue weighted by Gasteiger charge is -2.09. The number of halogens is 2.